The van der Waals surface area contributed by atoms with Crippen LogP contribution in [0, 0.1) is 57.2 Å². The first-order valence-electron chi connectivity index (χ1n) is 29.4. The first-order chi connectivity index (χ1) is 37.1. The SMILES string of the molecule is CCCCCCCCCCC(CCCCCCCC)Cn1c(=O)c2c3sc(=C(C#N)C#N)sc3c3c(=O)n(CC(CCCCCCCC)CCCCCCCCCC)c(=O)c4c5sc(=C(C#N)C#N)sc5c(c1=O)c2c34. The fraction of sp³-hybridized carbons (Fsp3) is 0.645. The molecule has 6 aromatic rings. The zero-order chi connectivity index (χ0) is 54.4. The fourth-order valence-corrected chi connectivity index (χ4v) is 16.8. The third-order valence-electron chi connectivity index (χ3n) is 15.8. The van der Waals surface area contributed by atoms with Gasteiger partial charge in [-0.2, -0.15) is 21.0 Å². The van der Waals surface area contributed by atoms with Crippen molar-refractivity contribution in [2.24, 2.45) is 11.8 Å². The molecule has 0 radical (unpaired) electrons. The van der Waals surface area contributed by atoms with E-state index in [2.05, 4.69) is 27.7 Å². The van der Waals surface area contributed by atoms with Crippen molar-refractivity contribution in [1.29, 1.82) is 21.0 Å². The molecule has 2 aromatic carbocycles. The maximum atomic E-state index is 15.6. The topological polar surface area (TPSA) is 173 Å². The summed E-state index contributed by atoms with van der Waals surface area (Å²) in [4.78, 5) is 62.3. The number of nitrogens with zero attached hydrogens (tertiary/aromatic N) is 6. The van der Waals surface area contributed by atoms with Gasteiger partial charge in [0.2, 0.25) is 0 Å². The van der Waals surface area contributed by atoms with E-state index in [-0.39, 0.29) is 68.4 Å². The van der Waals surface area contributed by atoms with Crippen LogP contribution in [0.1, 0.15) is 233 Å². The van der Waals surface area contributed by atoms with Crippen LogP contribution in [0.3, 0.4) is 0 Å². The van der Waals surface area contributed by atoms with E-state index >= 15 is 19.2 Å². The first kappa shape index (κ1) is 60.5. The van der Waals surface area contributed by atoms with Crippen LogP contribution in [0.5, 0.6) is 0 Å². The minimum absolute atomic E-state index is 0.0454. The van der Waals surface area contributed by atoms with Gasteiger partial charge in [-0.3, -0.25) is 28.3 Å². The van der Waals surface area contributed by atoms with Crippen LogP contribution in [-0.2, 0) is 13.1 Å². The number of benzene rings is 2. The number of aromatic nitrogens is 2. The molecule has 0 saturated carbocycles. The van der Waals surface area contributed by atoms with Gasteiger partial charge >= 0.3 is 0 Å². The average molecular weight is 1100 g/mol. The van der Waals surface area contributed by atoms with Gasteiger partial charge in [0.25, 0.3) is 22.2 Å². The molecule has 0 bridgehead atoms. The fourth-order valence-electron chi connectivity index (χ4n) is 11.5. The number of hydrogen-bond acceptors (Lipinski definition) is 12. The molecule has 76 heavy (non-hydrogen) atoms. The largest absolute Gasteiger partial charge is 0.274 e. The highest BCUT2D eigenvalue weighted by atomic mass is 32.2. The third kappa shape index (κ3) is 14.9. The summed E-state index contributed by atoms with van der Waals surface area (Å²) >= 11 is 4.47. The Morgan fingerprint density at radius 2 is 0.553 bits per heavy atom. The number of unbranched alkanes of at least 4 members (excludes halogenated alkanes) is 24. The van der Waals surface area contributed by atoms with Crippen LogP contribution >= 0.6 is 45.3 Å². The smallest absolute Gasteiger partial charge is 0.262 e. The lowest BCUT2D eigenvalue weighted by Crippen LogP contribution is -2.38. The lowest BCUT2D eigenvalue weighted by atomic mass is 9.92. The number of nitriles is 4. The Bertz CT molecular complexity index is 3020. The van der Waals surface area contributed by atoms with Crippen molar-refractivity contribution in [3.8, 4) is 24.3 Å². The first-order valence-corrected chi connectivity index (χ1v) is 32.7. The summed E-state index contributed by atoms with van der Waals surface area (Å²) in [6, 6.07) is 8.13. The van der Waals surface area contributed by atoms with Crippen LogP contribution < -0.4 is 29.9 Å². The van der Waals surface area contributed by atoms with Crippen LogP contribution in [0.15, 0.2) is 19.2 Å². The molecule has 0 spiro atoms. The molecule has 0 aliphatic rings. The summed E-state index contributed by atoms with van der Waals surface area (Å²) in [5.41, 5.74) is -2.30. The monoisotopic (exact) mass is 1100 g/mol. The maximum absolute atomic E-state index is 15.6. The molecule has 2 unspecified atom stereocenters. The number of rotatable bonds is 36. The Labute approximate surface area is 466 Å². The zero-order valence-corrected chi connectivity index (χ0v) is 49.4. The van der Waals surface area contributed by atoms with E-state index in [0.717, 1.165) is 161 Å². The molecule has 4 aromatic heterocycles. The highest BCUT2D eigenvalue weighted by Crippen LogP contribution is 2.44. The Balaban J connectivity index is 1.59. The normalized spacial score (nSPS) is 12.5. The van der Waals surface area contributed by atoms with Crippen molar-refractivity contribution in [3.63, 3.8) is 0 Å². The standard InChI is InChI=1S/C62H82N6O4S4/c1-5-9-13-17-21-23-27-31-35-43(33-29-25-19-15-11-7-3)41-67-57(69)49-47-48-51(55-53(49)73-61(75-55)45(37-63)38-64)59(71)68(42-44(34-30-26-20-16-12-8-4)36-32-28-24-22-18-14-10-6-2)60(72)52(48)56-54(50(47)58(67)70)74-62(76-56)46(39-65)40-66/h43-44H,5-36,41-42H2,1-4H3. The third-order valence-corrected chi connectivity index (χ3v) is 21.1. The highest BCUT2D eigenvalue weighted by Gasteiger charge is 2.31. The molecular weight excluding hydrogens is 1020 g/mol. The summed E-state index contributed by atoms with van der Waals surface area (Å²) in [6.07, 6.45) is 35.7. The van der Waals surface area contributed by atoms with Crippen molar-refractivity contribution >= 4 is 108 Å². The van der Waals surface area contributed by atoms with E-state index < -0.39 is 22.2 Å². The van der Waals surface area contributed by atoms with E-state index in [1.54, 1.807) is 0 Å². The second kappa shape index (κ2) is 31.6. The second-order valence-electron chi connectivity index (χ2n) is 21.6. The molecule has 6 rings (SSSR count). The van der Waals surface area contributed by atoms with Crippen molar-refractivity contribution < 1.29 is 0 Å². The molecule has 0 saturated heterocycles. The van der Waals surface area contributed by atoms with Gasteiger partial charge in [-0.25, -0.2) is 0 Å². The zero-order valence-electron chi connectivity index (χ0n) is 46.1. The summed E-state index contributed by atoms with van der Waals surface area (Å²) in [5.74, 6) is 0.0909. The molecular formula is C62H82N6O4S4. The Kier molecular flexibility index (Phi) is 25.2. The van der Waals surface area contributed by atoms with Crippen LogP contribution in [0.25, 0.3) is 62.3 Å². The van der Waals surface area contributed by atoms with E-state index in [0.29, 0.717) is 26.5 Å². The molecule has 4 heterocycles. The van der Waals surface area contributed by atoms with Gasteiger partial charge < -0.3 is 0 Å². The molecule has 14 heteroatoms. The molecule has 0 N–H and O–H groups in total. The van der Waals surface area contributed by atoms with Crippen molar-refractivity contribution in [2.75, 3.05) is 0 Å². The van der Waals surface area contributed by atoms with E-state index in [1.807, 2.05) is 24.3 Å². The van der Waals surface area contributed by atoms with Crippen LogP contribution in [-0.4, -0.2) is 9.13 Å². The Morgan fingerprint density at radius 3 is 0.763 bits per heavy atom. The summed E-state index contributed by atoms with van der Waals surface area (Å²) < 4.78 is 5.13. The van der Waals surface area contributed by atoms with Crippen molar-refractivity contribution in [2.45, 2.75) is 246 Å². The van der Waals surface area contributed by atoms with Crippen LogP contribution in [0.2, 0.25) is 0 Å². The van der Waals surface area contributed by atoms with E-state index in [4.69, 9.17) is 0 Å². The van der Waals surface area contributed by atoms with E-state index in [9.17, 15) is 21.0 Å². The minimum Gasteiger partial charge on any atom is -0.274 e. The predicted molar refractivity (Wildman–Crippen MR) is 324 cm³/mol. The number of pyridine rings is 2. The summed E-state index contributed by atoms with van der Waals surface area (Å²) in [7, 11) is 0. The Hall–Kier alpha value is -4.70. The minimum atomic E-state index is -0.507. The van der Waals surface area contributed by atoms with Gasteiger partial charge in [0.15, 0.2) is 11.1 Å². The molecule has 0 fully saturated rings. The lowest BCUT2D eigenvalue weighted by molar-refractivity contribution is 0.350. The second-order valence-corrected chi connectivity index (χ2v) is 26.2. The van der Waals surface area contributed by atoms with Crippen molar-refractivity contribution in [3.05, 3.63) is 49.1 Å². The predicted octanol–water partition coefficient (Wildman–Crippen LogP) is 16.4. The van der Waals surface area contributed by atoms with Gasteiger partial charge in [-0.15, -0.1) is 45.3 Å². The van der Waals surface area contributed by atoms with Crippen molar-refractivity contribution in [1.82, 2.24) is 9.13 Å². The molecule has 0 aliphatic carbocycles. The molecule has 408 valence electrons. The Morgan fingerprint density at radius 1 is 0.342 bits per heavy atom. The highest BCUT2D eigenvalue weighted by molar-refractivity contribution is 7.38. The summed E-state index contributed by atoms with van der Waals surface area (Å²) in [5, 5.41) is 42.1. The number of hydrogen-bond donors (Lipinski definition) is 0. The van der Waals surface area contributed by atoms with Gasteiger partial charge in [0, 0.05) is 23.9 Å². The molecule has 2 atom stereocenters. The molecule has 10 nitrogen and oxygen atoms in total. The molecule has 0 aliphatic heterocycles. The molecule has 0 amide bonds. The quantitative estimate of drug-likeness (QED) is 0.0276. The van der Waals surface area contributed by atoms with E-state index in [1.165, 1.54) is 99.0 Å². The maximum Gasteiger partial charge on any atom is 0.262 e. The van der Waals surface area contributed by atoms with Gasteiger partial charge in [0.05, 0.1) is 40.3 Å². The average Bonchev–Trinajstić information content (AvgIpc) is 4.21. The number of fused-ring (bicyclic) bond motifs is 6. The van der Waals surface area contributed by atoms with Gasteiger partial charge in [-0.1, -0.05) is 207 Å². The van der Waals surface area contributed by atoms with Crippen LogP contribution in [0.4, 0.5) is 0 Å². The lowest BCUT2D eigenvalue weighted by Gasteiger charge is -2.21. The van der Waals surface area contributed by atoms with Gasteiger partial charge in [0.1, 0.15) is 32.0 Å². The summed E-state index contributed by atoms with van der Waals surface area (Å²) in [6.45, 7) is 9.27. The van der Waals surface area contributed by atoms with Gasteiger partial charge in [-0.05, 0) is 37.5 Å².